The molecule has 1 aromatic carbocycles. The number of carbonyl (C=O) groups excluding carboxylic acids is 1. The van der Waals surface area contributed by atoms with Crippen molar-refractivity contribution in [1.29, 1.82) is 0 Å². The molecule has 0 radical (unpaired) electrons. The highest BCUT2D eigenvalue weighted by molar-refractivity contribution is 7.17. The summed E-state index contributed by atoms with van der Waals surface area (Å²) in [6, 6.07) is 5.01. The van der Waals surface area contributed by atoms with Crippen molar-refractivity contribution >= 4 is 27.4 Å². The summed E-state index contributed by atoms with van der Waals surface area (Å²) >= 11 is 1.48. The van der Waals surface area contributed by atoms with E-state index in [2.05, 4.69) is 4.74 Å². The molecule has 0 saturated heterocycles. The largest absolute Gasteiger partial charge is 0.507 e. The second kappa shape index (κ2) is 4.11. The fourth-order valence-corrected chi connectivity index (χ4v) is 2.29. The monoisotopic (exact) mass is 238 g/mol. The molecule has 0 aliphatic carbocycles. The maximum absolute atomic E-state index is 11.2. The lowest BCUT2D eigenvalue weighted by molar-refractivity contribution is -0.150. The van der Waals surface area contributed by atoms with Gasteiger partial charge in [-0.1, -0.05) is 6.07 Å². The molecule has 0 fully saturated rings. The van der Waals surface area contributed by atoms with Gasteiger partial charge < -0.3 is 14.9 Å². The Balaban J connectivity index is 2.52. The third kappa shape index (κ3) is 1.64. The van der Waals surface area contributed by atoms with Crippen molar-refractivity contribution in [1.82, 2.24) is 0 Å². The number of phenolic OH excluding ortho intramolecular Hbond substituents is 1. The topological polar surface area (TPSA) is 66.8 Å². The van der Waals surface area contributed by atoms with Crippen LogP contribution in [-0.4, -0.2) is 23.3 Å². The number of ether oxygens (including phenoxy) is 1. The van der Waals surface area contributed by atoms with E-state index in [9.17, 15) is 15.0 Å². The molecule has 5 heteroatoms. The molecule has 2 aromatic rings. The molecular weight excluding hydrogens is 228 g/mol. The lowest BCUT2D eigenvalue weighted by atomic mass is 10.1. The van der Waals surface area contributed by atoms with Crippen molar-refractivity contribution in [2.24, 2.45) is 0 Å². The van der Waals surface area contributed by atoms with Gasteiger partial charge in [-0.15, -0.1) is 11.3 Å². The number of fused-ring (bicyclic) bond motifs is 1. The highest BCUT2D eigenvalue weighted by Crippen LogP contribution is 2.35. The molecule has 1 atom stereocenters. The summed E-state index contributed by atoms with van der Waals surface area (Å²) in [5, 5.41) is 22.0. The lowest BCUT2D eigenvalue weighted by Gasteiger charge is -2.10. The van der Waals surface area contributed by atoms with Crippen molar-refractivity contribution in [3.8, 4) is 5.75 Å². The molecule has 16 heavy (non-hydrogen) atoms. The van der Waals surface area contributed by atoms with E-state index in [1.54, 1.807) is 12.1 Å². The number of esters is 1. The first-order valence-electron chi connectivity index (χ1n) is 4.60. The number of hydrogen-bond donors (Lipinski definition) is 2. The number of thiophene rings is 1. The van der Waals surface area contributed by atoms with Crippen molar-refractivity contribution < 1.29 is 19.7 Å². The van der Waals surface area contributed by atoms with Gasteiger partial charge >= 0.3 is 5.97 Å². The molecule has 0 aliphatic rings. The van der Waals surface area contributed by atoms with Crippen molar-refractivity contribution in [2.75, 3.05) is 7.11 Å². The third-order valence-electron chi connectivity index (χ3n) is 2.36. The molecule has 0 aliphatic heterocycles. The summed E-state index contributed by atoms with van der Waals surface area (Å²) < 4.78 is 5.32. The first-order chi connectivity index (χ1) is 7.65. The first kappa shape index (κ1) is 10.9. The summed E-state index contributed by atoms with van der Waals surface area (Å²) in [6.07, 6.45) is -1.45. The van der Waals surface area contributed by atoms with Gasteiger partial charge in [-0.25, -0.2) is 4.79 Å². The molecule has 0 bridgehead atoms. The number of methoxy groups -OCH3 is 1. The van der Waals surface area contributed by atoms with Gasteiger partial charge in [-0.2, -0.15) is 0 Å². The van der Waals surface area contributed by atoms with Gasteiger partial charge in [0.25, 0.3) is 0 Å². The van der Waals surface area contributed by atoms with E-state index in [1.807, 2.05) is 5.38 Å². The number of aliphatic hydroxyl groups excluding tert-OH is 1. The molecule has 1 unspecified atom stereocenters. The van der Waals surface area contributed by atoms with Crippen LogP contribution in [0.1, 0.15) is 11.7 Å². The average molecular weight is 238 g/mol. The fourth-order valence-electron chi connectivity index (χ4n) is 1.50. The molecule has 2 rings (SSSR count). The standard InChI is InChI=1S/C11H10O4S/c1-15-11(14)10(13)7-2-3-8-6(9(7)12)4-5-16-8/h2-5,10,12-13H,1H3. The van der Waals surface area contributed by atoms with E-state index in [4.69, 9.17) is 0 Å². The van der Waals surface area contributed by atoms with Gasteiger partial charge in [0.05, 0.1) is 7.11 Å². The summed E-state index contributed by atoms with van der Waals surface area (Å²) in [6.45, 7) is 0. The fraction of sp³-hybridized carbons (Fsp3) is 0.182. The highest BCUT2D eigenvalue weighted by Gasteiger charge is 2.22. The van der Waals surface area contributed by atoms with Crippen LogP contribution in [0.15, 0.2) is 23.6 Å². The lowest BCUT2D eigenvalue weighted by Crippen LogP contribution is -2.13. The molecule has 1 heterocycles. The number of hydrogen-bond acceptors (Lipinski definition) is 5. The van der Waals surface area contributed by atoms with Gasteiger partial charge in [0.1, 0.15) is 5.75 Å². The molecule has 4 nitrogen and oxygen atoms in total. The quantitative estimate of drug-likeness (QED) is 0.783. The number of benzene rings is 1. The minimum atomic E-state index is -1.45. The van der Waals surface area contributed by atoms with Gasteiger partial charge in [0.15, 0.2) is 6.10 Å². The van der Waals surface area contributed by atoms with E-state index in [-0.39, 0.29) is 11.3 Å². The van der Waals surface area contributed by atoms with Crippen LogP contribution in [0.25, 0.3) is 10.1 Å². The van der Waals surface area contributed by atoms with Crippen molar-refractivity contribution in [3.05, 3.63) is 29.1 Å². The van der Waals surface area contributed by atoms with Crippen LogP contribution in [-0.2, 0) is 9.53 Å². The summed E-state index contributed by atoms with van der Waals surface area (Å²) in [7, 11) is 1.19. The van der Waals surface area contributed by atoms with Crippen LogP contribution in [0, 0.1) is 0 Å². The van der Waals surface area contributed by atoms with Crippen molar-refractivity contribution in [2.45, 2.75) is 6.10 Å². The minimum Gasteiger partial charge on any atom is -0.507 e. The van der Waals surface area contributed by atoms with Crippen LogP contribution in [0.4, 0.5) is 0 Å². The SMILES string of the molecule is COC(=O)C(O)c1ccc2sccc2c1O. The van der Waals surface area contributed by atoms with Crippen LogP contribution >= 0.6 is 11.3 Å². The van der Waals surface area contributed by atoms with Gasteiger partial charge in [0, 0.05) is 15.6 Å². The Bertz CT molecular complexity index is 532. The maximum Gasteiger partial charge on any atom is 0.339 e. The summed E-state index contributed by atoms with van der Waals surface area (Å²) in [5.41, 5.74) is 0.165. The summed E-state index contributed by atoms with van der Waals surface area (Å²) in [5.74, 6) is -0.860. The second-order valence-corrected chi connectivity index (χ2v) is 4.21. The Morgan fingerprint density at radius 3 is 2.88 bits per heavy atom. The predicted octanol–water partition coefficient (Wildman–Crippen LogP) is 1.81. The maximum atomic E-state index is 11.2. The van der Waals surface area contributed by atoms with Gasteiger partial charge in [-0.05, 0) is 17.5 Å². The number of rotatable bonds is 2. The van der Waals surface area contributed by atoms with Crippen LogP contribution in [0.5, 0.6) is 5.75 Å². The zero-order valence-corrected chi connectivity index (χ0v) is 9.32. The Labute approximate surface area is 95.7 Å². The average Bonchev–Trinajstić information content (AvgIpc) is 2.76. The molecule has 0 amide bonds. The Morgan fingerprint density at radius 2 is 2.19 bits per heavy atom. The third-order valence-corrected chi connectivity index (χ3v) is 3.24. The van der Waals surface area contributed by atoms with Crippen LogP contribution in [0.3, 0.4) is 0 Å². The Hall–Kier alpha value is -1.59. The molecule has 0 saturated carbocycles. The number of carbonyl (C=O) groups is 1. The van der Waals surface area contributed by atoms with Gasteiger partial charge in [-0.3, -0.25) is 0 Å². The molecule has 0 spiro atoms. The van der Waals surface area contributed by atoms with E-state index in [1.165, 1.54) is 24.5 Å². The second-order valence-electron chi connectivity index (χ2n) is 3.26. The first-order valence-corrected chi connectivity index (χ1v) is 5.48. The predicted molar refractivity (Wildman–Crippen MR) is 60.5 cm³/mol. The smallest absolute Gasteiger partial charge is 0.339 e. The van der Waals surface area contributed by atoms with Crippen LogP contribution < -0.4 is 0 Å². The minimum absolute atomic E-state index is 0.0725. The normalized spacial score (nSPS) is 12.6. The zero-order valence-electron chi connectivity index (χ0n) is 8.51. The highest BCUT2D eigenvalue weighted by atomic mass is 32.1. The summed E-state index contributed by atoms with van der Waals surface area (Å²) in [4.78, 5) is 11.2. The van der Waals surface area contributed by atoms with E-state index < -0.39 is 12.1 Å². The van der Waals surface area contributed by atoms with E-state index >= 15 is 0 Å². The number of phenols is 1. The molecular formula is C11H10O4S. The Kier molecular flexibility index (Phi) is 2.80. The van der Waals surface area contributed by atoms with Crippen LogP contribution in [0.2, 0.25) is 0 Å². The molecule has 2 N–H and O–H groups in total. The van der Waals surface area contributed by atoms with E-state index in [0.717, 1.165) is 4.70 Å². The molecule has 1 aromatic heterocycles. The Morgan fingerprint density at radius 1 is 1.44 bits per heavy atom. The van der Waals surface area contributed by atoms with Crippen molar-refractivity contribution in [3.63, 3.8) is 0 Å². The molecule has 84 valence electrons. The number of aromatic hydroxyl groups is 1. The van der Waals surface area contributed by atoms with Gasteiger partial charge in [0.2, 0.25) is 0 Å². The van der Waals surface area contributed by atoms with E-state index in [0.29, 0.717) is 5.39 Å². The zero-order chi connectivity index (χ0) is 11.7. The number of aliphatic hydroxyl groups is 1.